The van der Waals surface area contributed by atoms with Crippen molar-refractivity contribution in [2.45, 2.75) is 11.8 Å². The topological polar surface area (TPSA) is 23.8 Å². The van der Waals surface area contributed by atoms with E-state index in [9.17, 15) is 0 Å². The van der Waals surface area contributed by atoms with Crippen LogP contribution in [0.1, 0.15) is 11.1 Å². The molecule has 0 heterocycles. The maximum Gasteiger partial charge on any atom is 0.100 e. The molecule has 0 N–H and O–H groups in total. The zero-order valence-corrected chi connectivity index (χ0v) is 7.54. The zero-order valence-electron chi connectivity index (χ0n) is 5.97. The van der Waals surface area contributed by atoms with Crippen molar-refractivity contribution in [1.82, 2.24) is 0 Å². The van der Waals surface area contributed by atoms with Gasteiger partial charge in [0, 0.05) is 4.90 Å². The van der Waals surface area contributed by atoms with Gasteiger partial charge in [0.05, 0.1) is 5.56 Å². The molecule has 1 nitrogen and oxygen atoms in total. The maximum absolute atomic E-state index is 8.62. The third-order valence-electron chi connectivity index (χ3n) is 1.34. The first-order valence-corrected chi connectivity index (χ1v) is 4.71. The summed E-state index contributed by atoms with van der Waals surface area (Å²) in [5.74, 6) is 0. The van der Waals surface area contributed by atoms with Crippen LogP contribution in [0.5, 0.6) is 0 Å². The van der Waals surface area contributed by atoms with Gasteiger partial charge in [-0.15, -0.1) is 0 Å². The normalized spacial score (nSPS) is 9.18. The summed E-state index contributed by atoms with van der Waals surface area (Å²) < 4.78 is 0. The van der Waals surface area contributed by atoms with E-state index in [1.807, 2.05) is 19.1 Å². The van der Waals surface area contributed by atoms with E-state index in [0.717, 1.165) is 21.4 Å². The number of nitrogens with zero attached hydrogens (tertiary/aromatic N) is 1. The van der Waals surface area contributed by atoms with Gasteiger partial charge in [0.1, 0.15) is 6.07 Å². The highest BCUT2D eigenvalue weighted by molar-refractivity contribution is 8.21. The largest absolute Gasteiger partial charge is 0.192 e. The van der Waals surface area contributed by atoms with Gasteiger partial charge in [0.15, 0.2) is 0 Å². The van der Waals surface area contributed by atoms with Crippen LogP contribution in [-0.4, -0.2) is 0 Å². The van der Waals surface area contributed by atoms with Gasteiger partial charge in [-0.05, 0) is 46.3 Å². The Morgan fingerprint density at radius 1 is 1.55 bits per heavy atom. The van der Waals surface area contributed by atoms with E-state index in [1.165, 1.54) is 0 Å². The molecule has 0 unspecified atom stereocenters. The molecule has 3 heteroatoms. The average Bonchev–Trinajstić information content (AvgIpc) is 2.04. The van der Waals surface area contributed by atoms with Crippen molar-refractivity contribution in [1.29, 1.82) is 5.26 Å². The molecule has 0 aliphatic heterocycles. The molecule has 0 amide bonds. The summed E-state index contributed by atoms with van der Waals surface area (Å²) in [5.41, 5.74) is 1.75. The molecule has 1 rings (SSSR count). The molecule has 0 aliphatic carbocycles. The van der Waals surface area contributed by atoms with Crippen molar-refractivity contribution in [3.8, 4) is 6.07 Å². The summed E-state index contributed by atoms with van der Waals surface area (Å²) in [6.07, 6.45) is 0. The Hall–Kier alpha value is -0.650. The van der Waals surface area contributed by atoms with Crippen molar-refractivity contribution in [3.63, 3.8) is 0 Å². The standard InChI is InChI=1S/C8H6ClNS/c1-6-2-3-7(5-10)8(4-6)11-9/h2-4H,1H3. The Balaban J connectivity index is 3.19. The first-order chi connectivity index (χ1) is 5.27. The molecule has 0 atom stereocenters. The number of halogens is 1. The van der Waals surface area contributed by atoms with E-state index in [2.05, 4.69) is 6.07 Å². The van der Waals surface area contributed by atoms with Crippen molar-refractivity contribution >= 4 is 21.7 Å². The molecule has 0 saturated carbocycles. The highest BCUT2D eigenvalue weighted by atomic mass is 35.7. The third kappa shape index (κ3) is 1.89. The minimum Gasteiger partial charge on any atom is -0.192 e. The molecule has 0 aromatic heterocycles. The van der Waals surface area contributed by atoms with E-state index in [0.29, 0.717) is 5.56 Å². The minimum absolute atomic E-state index is 0.635. The Kier molecular flexibility index (Phi) is 2.81. The summed E-state index contributed by atoms with van der Waals surface area (Å²) >= 11 is 0. The fourth-order valence-electron chi connectivity index (χ4n) is 0.786. The summed E-state index contributed by atoms with van der Waals surface area (Å²) in [7, 11) is 6.63. The molecule has 1 aromatic rings. The molecule has 0 bridgehead atoms. The smallest absolute Gasteiger partial charge is 0.100 e. The van der Waals surface area contributed by atoms with E-state index in [1.54, 1.807) is 6.07 Å². The first-order valence-electron chi connectivity index (χ1n) is 3.07. The van der Waals surface area contributed by atoms with E-state index in [4.69, 9.17) is 15.9 Å². The molecule has 1 aromatic carbocycles. The van der Waals surface area contributed by atoms with Crippen LogP contribution >= 0.6 is 21.7 Å². The molecule has 0 aliphatic rings. The molecule has 56 valence electrons. The van der Waals surface area contributed by atoms with Gasteiger partial charge in [-0.1, -0.05) is 6.07 Å². The molecular formula is C8H6ClNS. The molecule has 0 radical (unpaired) electrons. The lowest BCUT2D eigenvalue weighted by Gasteiger charge is -1.98. The van der Waals surface area contributed by atoms with Crippen LogP contribution in [0.25, 0.3) is 0 Å². The van der Waals surface area contributed by atoms with Crippen LogP contribution < -0.4 is 0 Å². The summed E-state index contributed by atoms with van der Waals surface area (Å²) in [6.45, 7) is 1.97. The van der Waals surface area contributed by atoms with Crippen LogP contribution in [0.2, 0.25) is 0 Å². The van der Waals surface area contributed by atoms with Gasteiger partial charge in [0.2, 0.25) is 0 Å². The Bertz CT molecular complexity index is 303. The number of rotatable bonds is 1. The summed E-state index contributed by atoms with van der Waals surface area (Å²) in [4.78, 5) is 0.828. The third-order valence-corrected chi connectivity index (χ3v) is 2.34. The predicted molar refractivity (Wildman–Crippen MR) is 47.6 cm³/mol. The predicted octanol–water partition coefficient (Wildman–Crippen LogP) is 3.11. The molecule has 0 spiro atoms. The van der Waals surface area contributed by atoms with Gasteiger partial charge in [-0.25, -0.2) is 0 Å². The van der Waals surface area contributed by atoms with Crippen LogP contribution in [0.15, 0.2) is 23.1 Å². The van der Waals surface area contributed by atoms with E-state index in [-0.39, 0.29) is 0 Å². The van der Waals surface area contributed by atoms with Gasteiger partial charge in [0.25, 0.3) is 0 Å². The van der Waals surface area contributed by atoms with Gasteiger partial charge in [-0.3, -0.25) is 0 Å². The highest BCUT2D eigenvalue weighted by Crippen LogP contribution is 2.26. The van der Waals surface area contributed by atoms with Crippen LogP contribution in [0.3, 0.4) is 0 Å². The van der Waals surface area contributed by atoms with Crippen molar-refractivity contribution in [2.24, 2.45) is 0 Å². The van der Waals surface area contributed by atoms with Crippen LogP contribution in [0, 0.1) is 18.3 Å². The van der Waals surface area contributed by atoms with Crippen molar-refractivity contribution < 1.29 is 0 Å². The number of aryl methyl sites for hydroxylation is 1. The van der Waals surface area contributed by atoms with Gasteiger partial charge in [-0.2, -0.15) is 5.26 Å². The fourth-order valence-corrected chi connectivity index (χ4v) is 1.60. The minimum atomic E-state index is 0.635. The van der Waals surface area contributed by atoms with Crippen molar-refractivity contribution in [3.05, 3.63) is 29.3 Å². The molecule has 0 fully saturated rings. The average molecular weight is 184 g/mol. The molecular weight excluding hydrogens is 178 g/mol. The lowest BCUT2D eigenvalue weighted by atomic mass is 10.2. The SMILES string of the molecule is Cc1ccc(C#N)c(SCl)c1. The van der Waals surface area contributed by atoms with Crippen LogP contribution in [0.4, 0.5) is 0 Å². The van der Waals surface area contributed by atoms with Crippen LogP contribution in [-0.2, 0) is 0 Å². The monoisotopic (exact) mass is 183 g/mol. The van der Waals surface area contributed by atoms with Gasteiger partial charge < -0.3 is 0 Å². The lowest BCUT2D eigenvalue weighted by molar-refractivity contribution is 1.32. The second kappa shape index (κ2) is 3.66. The second-order valence-electron chi connectivity index (χ2n) is 2.19. The Morgan fingerprint density at radius 3 is 2.82 bits per heavy atom. The number of hydrogen-bond acceptors (Lipinski definition) is 2. The summed E-state index contributed by atoms with van der Waals surface area (Å²) in [6, 6.07) is 7.64. The second-order valence-corrected chi connectivity index (χ2v) is 3.25. The van der Waals surface area contributed by atoms with Crippen molar-refractivity contribution in [2.75, 3.05) is 0 Å². The Morgan fingerprint density at radius 2 is 2.27 bits per heavy atom. The van der Waals surface area contributed by atoms with E-state index < -0.39 is 0 Å². The molecule has 0 saturated heterocycles. The van der Waals surface area contributed by atoms with E-state index >= 15 is 0 Å². The summed E-state index contributed by atoms with van der Waals surface area (Å²) in [5, 5.41) is 8.62. The quantitative estimate of drug-likeness (QED) is 0.668. The number of benzene rings is 1. The lowest BCUT2D eigenvalue weighted by Crippen LogP contribution is -1.79. The van der Waals surface area contributed by atoms with Gasteiger partial charge >= 0.3 is 0 Å². The fraction of sp³-hybridized carbons (Fsp3) is 0.125. The number of hydrogen-bond donors (Lipinski definition) is 0. The maximum atomic E-state index is 8.62. The Labute approximate surface area is 74.5 Å². The molecule has 11 heavy (non-hydrogen) atoms. The number of nitriles is 1. The zero-order chi connectivity index (χ0) is 8.27. The first kappa shape index (κ1) is 8.45. The highest BCUT2D eigenvalue weighted by Gasteiger charge is 2.00.